The predicted octanol–water partition coefficient (Wildman–Crippen LogP) is 0.474. The zero-order valence-corrected chi connectivity index (χ0v) is 11.5. The third-order valence-corrected chi connectivity index (χ3v) is 3.95. The minimum absolute atomic E-state index is 0.176. The Kier molecular flexibility index (Phi) is 4.24. The molecule has 2 rings (SSSR count). The van der Waals surface area contributed by atoms with Gasteiger partial charge in [0.15, 0.2) is 18.2 Å². The van der Waals surface area contributed by atoms with E-state index in [1.165, 1.54) is 0 Å². The Morgan fingerprint density at radius 3 is 2.55 bits per heavy atom. The lowest BCUT2D eigenvalue weighted by Crippen LogP contribution is -2.32. The van der Waals surface area contributed by atoms with Gasteiger partial charge in [-0.1, -0.05) is 0 Å². The van der Waals surface area contributed by atoms with Crippen LogP contribution in [0.3, 0.4) is 0 Å². The Bertz CT molecular complexity index is 612. The van der Waals surface area contributed by atoms with E-state index in [0.29, 0.717) is 13.1 Å². The number of benzene rings is 1. The van der Waals surface area contributed by atoms with Gasteiger partial charge in [0, 0.05) is 13.1 Å². The lowest BCUT2D eigenvalue weighted by molar-refractivity contribution is -0.132. The molecule has 1 aliphatic rings. The Balaban J connectivity index is 2.01. The summed E-state index contributed by atoms with van der Waals surface area (Å²) in [5.74, 6) is -1.26. The largest absolute Gasteiger partial charge is 0.481 e. The smallest absolute Gasteiger partial charge is 0.260 e. The van der Waals surface area contributed by atoms with E-state index in [1.54, 1.807) is 4.90 Å². The van der Waals surface area contributed by atoms with Crippen molar-refractivity contribution in [2.75, 3.05) is 19.7 Å². The van der Waals surface area contributed by atoms with Crippen LogP contribution in [0.4, 0.5) is 4.39 Å². The highest BCUT2D eigenvalue weighted by molar-refractivity contribution is 7.89. The molecule has 0 radical (unpaired) electrons. The molecule has 1 aliphatic heterocycles. The summed E-state index contributed by atoms with van der Waals surface area (Å²) in [6.07, 6.45) is 1.92. The van der Waals surface area contributed by atoms with Crippen LogP contribution in [0.1, 0.15) is 12.8 Å². The molecule has 0 atom stereocenters. The van der Waals surface area contributed by atoms with Crippen molar-refractivity contribution in [1.29, 1.82) is 0 Å². The molecule has 1 fully saturated rings. The molecule has 1 saturated heterocycles. The van der Waals surface area contributed by atoms with Crippen molar-refractivity contribution >= 4 is 15.9 Å². The number of sulfonamides is 1. The maximum absolute atomic E-state index is 13.6. The molecule has 0 bridgehead atoms. The van der Waals surface area contributed by atoms with Crippen LogP contribution >= 0.6 is 0 Å². The molecule has 110 valence electrons. The van der Waals surface area contributed by atoms with Crippen LogP contribution in [0.5, 0.6) is 5.75 Å². The van der Waals surface area contributed by atoms with Gasteiger partial charge in [-0.15, -0.1) is 0 Å². The fraction of sp³-hybridized carbons (Fsp3) is 0.417. The highest BCUT2D eigenvalue weighted by atomic mass is 32.2. The lowest BCUT2D eigenvalue weighted by Gasteiger charge is -2.15. The number of nitrogens with two attached hydrogens (primary N) is 1. The molecule has 20 heavy (non-hydrogen) atoms. The monoisotopic (exact) mass is 302 g/mol. The zero-order valence-electron chi connectivity index (χ0n) is 10.7. The average molecular weight is 302 g/mol. The minimum atomic E-state index is -3.96. The summed E-state index contributed by atoms with van der Waals surface area (Å²) in [4.78, 5) is 13.0. The molecular formula is C12H15FN2O4S. The SMILES string of the molecule is NS(=O)(=O)c1ccc(OCC(=O)N2CCCC2)c(F)c1. The maximum atomic E-state index is 13.6. The first-order valence-corrected chi connectivity index (χ1v) is 7.65. The third-order valence-electron chi connectivity index (χ3n) is 3.04. The van der Waals surface area contributed by atoms with E-state index in [0.717, 1.165) is 31.0 Å². The van der Waals surface area contributed by atoms with Crippen LogP contribution in [0.15, 0.2) is 23.1 Å². The summed E-state index contributed by atoms with van der Waals surface area (Å²) in [5, 5.41) is 4.88. The summed E-state index contributed by atoms with van der Waals surface area (Å²) in [7, 11) is -3.96. The van der Waals surface area contributed by atoms with E-state index in [9.17, 15) is 17.6 Å². The van der Waals surface area contributed by atoms with E-state index >= 15 is 0 Å². The Hall–Kier alpha value is -1.67. The minimum Gasteiger partial charge on any atom is -0.481 e. The van der Waals surface area contributed by atoms with Gasteiger partial charge in [-0.25, -0.2) is 17.9 Å². The second-order valence-electron chi connectivity index (χ2n) is 4.51. The number of hydrogen-bond acceptors (Lipinski definition) is 4. The van der Waals surface area contributed by atoms with Crippen molar-refractivity contribution < 1.29 is 22.3 Å². The van der Waals surface area contributed by atoms with Crippen LogP contribution in [0.2, 0.25) is 0 Å². The first-order valence-electron chi connectivity index (χ1n) is 6.11. The van der Waals surface area contributed by atoms with Crippen LogP contribution in [-0.4, -0.2) is 38.9 Å². The quantitative estimate of drug-likeness (QED) is 0.875. The Morgan fingerprint density at radius 2 is 2.00 bits per heavy atom. The Labute approximate surface area is 116 Å². The highest BCUT2D eigenvalue weighted by Gasteiger charge is 2.19. The molecule has 1 aromatic carbocycles. The molecule has 8 heteroatoms. The fourth-order valence-corrected chi connectivity index (χ4v) is 2.50. The van der Waals surface area contributed by atoms with E-state index < -0.39 is 15.8 Å². The van der Waals surface area contributed by atoms with Crippen LogP contribution in [0, 0.1) is 5.82 Å². The molecule has 0 aliphatic carbocycles. The molecule has 1 amide bonds. The van der Waals surface area contributed by atoms with Crippen molar-refractivity contribution in [1.82, 2.24) is 4.90 Å². The van der Waals surface area contributed by atoms with Gasteiger partial charge in [0.05, 0.1) is 4.90 Å². The number of carbonyl (C=O) groups is 1. The number of carbonyl (C=O) groups excluding carboxylic acids is 1. The van der Waals surface area contributed by atoms with E-state index in [2.05, 4.69) is 0 Å². The van der Waals surface area contributed by atoms with Crippen LogP contribution in [0.25, 0.3) is 0 Å². The standard InChI is InChI=1S/C12H15FN2O4S/c13-10-7-9(20(14,17)18)3-4-11(10)19-8-12(16)15-5-1-2-6-15/h3-4,7H,1-2,5-6,8H2,(H2,14,17,18). The number of hydrogen-bond donors (Lipinski definition) is 1. The van der Waals surface area contributed by atoms with Gasteiger partial charge in [0.1, 0.15) is 0 Å². The molecular weight excluding hydrogens is 287 g/mol. The predicted molar refractivity (Wildman–Crippen MR) is 69.1 cm³/mol. The van der Waals surface area contributed by atoms with Gasteiger partial charge in [-0.2, -0.15) is 0 Å². The fourth-order valence-electron chi connectivity index (χ4n) is 1.97. The number of ether oxygens (including phenoxy) is 1. The topological polar surface area (TPSA) is 89.7 Å². The first-order chi connectivity index (χ1) is 9.38. The number of halogens is 1. The molecule has 1 aromatic rings. The summed E-state index contributed by atoms with van der Waals surface area (Å²) < 4.78 is 40.8. The zero-order chi connectivity index (χ0) is 14.8. The second kappa shape index (κ2) is 5.76. The molecule has 2 N–H and O–H groups in total. The van der Waals surface area contributed by atoms with Crippen LogP contribution < -0.4 is 9.88 Å². The van der Waals surface area contributed by atoms with Gasteiger partial charge in [0.2, 0.25) is 10.0 Å². The van der Waals surface area contributed by atoms with Crippen molar-refractivity contribution in [3.63, 3.8) is 0 Å². The van der Waals surface area contributed by atoms with E-state index in [4.69, 9.17) is 9.88 Å². The molecule has 6 nitrogen and oxygen atoms in total. The molecule has 0 unspecified atom stereocenters. The van der Waals surface area contributed by atoms with Gasteiger partial charge < -0.3 is 9.64 Å². The molecule has 0 saturated carbocycles. The third kappa shape index (κ3) is 3.45. The van der Waals surface area contributed by atoms with Crippen molar-refractivity contribution in [2.24, 2.45) is 5.14 Å². The summed E-state index contributed by atoms with van der Waals surface area (Å²) >= 11 is 0. The van der Waals surface area contributed by atoms with Gasteiger partial charge in [0.25, 0.3) is 5.91 Å². The van der Waals surface area contributed by atoms with Gasteiger partial charge >= 0.3 is 0 Å². The summed E-state index contributed by atoms with van der Waals surface area (Å²) in [5.41, 5.74) is 0. The highest BCUT2D eigenvalue weighted by Crippen LogP contribution is 2.20. The lowest BCUT2D eigenvalue weighted by atomic mass is 10.3. The summed E-state index contributed by atoms with van der Waals surface area (Å²) in [6, 6.07) is 3.05. The van der Waals surface area contributed by atoms with Crippen molar-refractivity contribution in [2.45, 2.75) is 17.7 Å². The number of nitrogens with zero attached hydrogens (tertiary/aromatic N) is 1. The molecule has 0 spiro atoms. The Morgan fingerprint density at radius 1 is 1.35 bits per heavy atom. The first kappa shape index (κ1) is 14.7. The van der Waals surface area contributed by atoms with Gasteiger partial charge in [-0.3, -0.25) is 4.79 Å². The molecule has 0 aromatic heterocycles. The maximum Gasteiger partial charge on any atom is 0.260 e. The average Bonchev–Trinajstić information content (AvgIpc) is 2.89. The number of primary sulfonamides is 1. The van der Waals surface area contributed by atoms with Crippen molar-refractivity contribution in [3.8, 4) is 5.75 Å². The number of rotatable bonds is 4. The second-order valence-corrected chi connectivity index (χ2v) is 6.08. The normalized spacial score (nSPS) is 15.4. The summed E-state index contributed by atoms with van der Waals surface area (Å²) in [6.45, 7) is 1.11. The van der Waals surface area contributed by atoms with Gasteiger partial charge in [-0.05, 0) is 31.0 Å². The van der Waals surface area contributed by atoms with Crippen LogP contribution in [-0.2, 0) is 14.8 Å². The number of amides is 1. The van der Waals surface area contributed by atoms with Crippen molar-refractivity contribution in [3.05, 3.63) is 24.0 Å². The number of likely N-dealkylation sites (tertiary alicyclic amines) is 1. The van der Waals surface area contributed by atoms with E-state index in [-0.39, 0.29) is 23.2 Å². The van der Waals surface area contributed by atoms with E-state index in [1.807, 2.05) is 0 Å². The molecule has 1 heterocycles.